The Kier molecular flexibility index (Phi) is 4.01. The highest BCUT2D eigenvalue weighted by Gasteiger charge is 2.24. The van der Waals surface area contributed by atoms with Crippen molar-refractivity contribution in [3.05, 3.63) is 29.6 Å². The van der Waals surface area contributed by atoms with Gasteiger partial charge in [0.2, 0.25) is 5.91 Å². The van der Waals surface area contributed by atoms with E-state index in [2.05, 4.69) is 15.6 Å². The summed E-state index contributed by atoms with van der Waals surface area (Å²) >= 11 is 0. The van der Waals surface area contributed by atoms with E-state index < -0.39 is 5.54 Å². The second kappa shape index (κ2) is 5.07. The predicted molar refractivity (Wildman–Crippen MR) is 64.0 cm³/mol. The largest absolute Gasteiger partial charge is 0.350 e. The molecule has 0 radical (unpaired) electrons. The average molecular weight is 221 g/mol. The van der Waals surface area contributed by atoms with E-state index >= 15 is 0 Å². The summed E-state index contributed by atoms with van der Waals surface area (Å²) in [5.74, 6) is -0.00814. The van der Waals surface area contributed by atoms with E-state index in [-0.39, 0.29) is 5.91 Å². The van der Waals surface area contributed by atoms with Crippen molar-refractivity contribution in [2.75, 3.05) is 7.05 Å². The van der Waals surface area contributed by atoms with Crippen molar-refractivity contribution in [2.24, 2.45) is 0 Å². The number of hydrogen-bond donors (Lipinski definition) is 2. The van der Waals surface area contributed by atoms with Gasteiger partial charge in [-0.3, -0.25) is 9.78 Å². The smallest absolute Gasteiger partial charge is 0.239 e. The average Bonchev–Trinajstić information content (AvgIpc) is 2.27. The lowest BCUT2D eigenvalue weighted by molar-refractivity contribution is -0.126. The normalized spacial score (nSPS) is 11.2. The number of nitrogens with zero attached hydrogens (tertiary/aromatic N) is 1. The molecule has 1 heterocycles. The number of rotatable bonds is 4. The molecule has 0 saturated carbocycles. The number of carbonyl (C=O) groups excluding carboxylic acids is 1. The maximum atomic E-state index is 11.8. The van der Waals surface area contributed by atoms with Crippen LogP contribution < -0.4 is 10.6 Å². The van der Waals surface area contributed by atoms with E-state index in [9.17, 15) is 4.79 Å². The van der Waals surface area contributed by atoms with Crippen LogP contribution in [0.5, 0.6) is 0 Å². The standard InChI is InChI=1S/C12H19N3O/c1-9-7-14-6-5-10(9)8-15-11(16)12(2,3)13-4/h5-7,13H,8H2,1-4H3,(H,15,16). The third kappa shape index (κ3) is 3.03. The van der Waals surface area contributed by atoms with Crippen molar-refractivity contribution in [3.63, 3.8) is 0 Å². The molecule has 0 fully saturated rings. The number of carbonyl (C=O) groups is 1. The number of hydrogen-bond acceptors (Lipinski definition) is 3. The van der Waals surface area contributed by atoms with Crippen LogP contribution in [0.15, 0.2) is 18.5 Å². The van der Waals surface area contributed by atoms with Crippen LogP contribution >= 0.6 is 0 Å². The summed E-state index contributed by atoms with van der Waals surface area (Å²) in [6.45, 7) is 6.22. The van der Waals surface area contributed by atoms with Crippen molar-refractivity contribution in [1.29, 1.82) is 0 Å². The second-order valence-corrected chi connectivity index (χ2v) is 4.36. The molecule has 1 aromatic rings. The highest BCUT2D eigenvalue weighted by Crippen LogP contribution is 2.06. The molecule has 1 amide bonds. The molecule has 0 aliphatic rings. The monoisotopic (exact) mass is 221 g/mol. The van der Waals surface area contributed by atoms with Gasteiger partial charge >= 0.3 is 0 Å². The third-order valence-corrected chi connectivity index (χ3v) is 2.77. The van der Waals surface area contributed by atoms with E-state index in [0.717, 1.165) is 11.1 Å². The van der Waals surface area contributed by atoms with E-state index in [1.165, 1.54) is 0 Å². The Morgan fingerprint density at radius 2 is 2.19 bits per heavy atom. The zero-order valence-electron chi connectivity index (χ0n) is 10.3. The summed E-state index contributed by atoms with van der Waals surface area (Å²) in [7, 11) is 1.78. The molecule has 0 saturated heterocycles. The molecule has 88 valence electrons. The summed E-state index contributed by atoms with van der Waals surface area (Å²) in [6, 6.07) is 1.92. The minimum absolute atomic E-state index is 0.00814. The van der Waals surface area contributed by atoms with Crippen molar-refractivity contribution in [2.45, 2.75) is 32.9 Å². The Bertz CT molecular complexity index is 374. The molecule has 0 aliphatic carbocycles. The molecule has 16 heavy (non-hydrogen) atoms. The van der Waals surface area contributed by atoms with Gasteiger partial charge in [0.05, 0.1) is 5.54 Å². The highest BCUT2D eigenvalue weighted by molar-refractivity contribution is 5.85. The van der Waals surface area contributed by atoms with E-state index in [1.807, 2.05) is 26.8 Å². The van der Waals surface area contributed by atoms with Gasteiger partial charge < -0.3 is 10.6 Å². The van der Waals surface area contributed by atoms with Crippen LogP contribution in [0.3, 0.4) is 0 Å². The van der Waals surface area contributed by atoms with Gasteiger partial charge in [-0.05, 0) is 45.0 Å². The Morgan fingerprint density at radius 3 is 2.75 bits per heavy atom. The quantitative estimate of drug-likeness (QED) is 0.797. The lowest BCUT2D eigenvalue weighted by atomic mass is 10.0. The fourth-order valence-electron chi connectivity index (χ4n) is 1.21. The summed E-state index contributed by atoms with van der Waals surface area (Å²) in [5.41, 5.74) is 1.64. The molecule has 4 nitrogen and oxygen atoms in total. The van der Waals surface area contributed by atoms with Crippen molar-refractivity contribution in [1.82, 2.24) is 15.6 Å². The molecule has 4 heteroatoms. The molecule has 0 aromatic carbocycles. The number of nitrogens with one attached hydrogen (secondary N) is 2. The molecular formula is C12H19N3O. The van der Waals surface area contributed by atoms with Gasteiger partial charge in [0, 0.05) is 18.9 Å². The molecule has 0 aliphatic heterocycles. The zero-order chi connectivity index (χ0) is 12.2. The van der Waals surface area contributed by atoms with Gasteiger partial charge in [-0.15, -0.1) is 0 Å². The predicted octanol–water partition coefficient (Wildman–Crippen LogP) is 1.00. The van der Waals surface area contributed by atoms with Crippen LogP contribution in [0, 0.1) is 6.92 Å². The Balaban J connectivity index is 2.59. The Hall–Kier alpha value is -1.42. The molecule has 1 rings (SSSR count). The molecule has 0 unspecified atom stereocenters. The number of amides is 1. The molecule has 2 N–H and O–H groups in total. The lowest BCUT2D eigenvalue weighted by Crippen LogP contribution is -2.50. The van der Waals surface area contributed by atoms with Gasteiger partial charge in [-0.25, -0.2) is 0 Å². The minimum Gasteiger partial charge on any atom is -0.350 e. The number of aryl methyl sites for hydroxylation is 1. The molecule has 1 aromatic heterocycles. The molecule has 0 spiro atoms. The Labute approximate surface area is 96.5 Å². The SMILES string of the molecule is CNC(C)(C)C(=O)NCc1ccncc1C. The summed E-state index contributed by atoms with van der Waals surface area (Å²) in [5, 5.41) is 5.87. The van der Waals surface area contributed by atoms with Gasteiger partial charge in [0.15, 0.2) is 0 Å². The van der Waals surface area contributed by atoms with E-state index in [1.54, 1.807) is 19.4 Å². The first-order valence-corrected chi connectivity index (χ1v) is 5.34. The zero-order valence-corrected chi connectivity index (χ0v) is 10.3. The third-order valence-electron chi connectivity index (χ3n) is 2.77. The van der Waals surface area contributed by atoms with Crippen LogP contribution in [0.4, 0.5) is 0 Å². The first kappa shape index (κ1) is 12.6. The topological polar surface area (TPSA) is 54.0 Å². The van der Waals surface area contributed by atoms with Gasteiger partial charge in [-0.2, -0.15) is 0 Å². The van der Waals surface area contributed by atoms with E-state index in [0.29, 0.717) is 6.54 Å². The number of aromatic nitrogens is 1. The fraction of sp³-hybridized carbons (Fsp3) is 0.500. The first-order chi connectivity index (χ1) is 7.47. The van der Waals surface area contributed by atoms with Crippen LogP contribution in [0.1, 0.15) is 25.0 Å². The maximum absolute atomic E-state index is 11.8. The van der Waals surface area contributed by atoms with Gasteiger partial charge in [0.1, 0.15) is 0 Å². The molecule has 0 bridgehead atoms. The first-order valence-electron chi connectivity index (χ1n) is 5.34. The maximum Gasteiger partial charge on any atom is 0.239 e. The fourth-order valence-corrected chi connectivity index (χ4v) is 1.21. The summed E-state index contributed by atoms with van der Waals surface area (Å²) in [6.07, 6.45) is 3.53. The minimum atomic E-state index is -0.541. The number of pyridine rings is 1. The van der Waals surface area contributed by atoms with Gasteiger partial charge in [-0.1, -0.05) is 0 Å². The van der Waals surface area contributed by atoms with Crippen LogP contribution in [-0.4, -0.2) is 23.5 Å². The van der Waals surface area contributed by atoms with Gasteiger partial charge in [0.25, 0.3) is 0 Å². The van der Waals surface area contributed by atoms with Crippen LogP contribution in [0.2, 0.25) is 0 Å². The van der Waals surface area contributed by atoms with E-state index in [4.69, 9.17) is 0 Å². The van der Waals surface area contributed by atoms with Crippen LogP contribution in [-0.2, 0) is 11.3 Å². The molecule has 0 atom stereocenters. The van der Waals surface area contributed by atoms with Crippen molar-refractivity contribution < 1.29 is 4.79 Å². The van der Waals surface area contributed by atoms with Crippen molar-refractivity contribution >= 4 is 5.91 Å². The second-order valence-electron chi connectivity index (χ2n) is 4.36. The summed E-state index contributed by atoms with van der Waals surface area (Å²) < 4.78 is 0. The molecular weight excluding hydrogens is 202 g/mol. The highest BCUT2D eigenvalue weighted by atomic mass is 16.2. The summed E-state index contributed by atoms with van der Waals surface area (Å²) in [4.78, 5) is 15.8. The number of likely N-dealkylation sites (N-methyl/N-ethyl adjacent to an activating group) is 1. The van der Waals surface area contributed by atoms with Crippen LogP contribution in [0.25, 0.3) is 0 Å². The lowest BCUT2D eigenvalue weighted by Gasteiger charge is -2.22. The van der Waals surface area contributed by atoms with Crippen molar-refractivity contribution in [3.8, 4) is 0 Å². The Morgan fingerprint density at radius 1 is 1.50 bits per heavy atom.